The normalized spacial score (nSPS) is 16.3. The minimum absolute atomic E-state index is 0.111. The molecule has 0 aromatic heterocycles. The second kappa shape index (κ2) is 19.7. The first-order valence-electron chi connectivity index (χ1n) is 20.9. The molecule has 0 spiro atoms. The molecule has 0 radical (unpaired) electrons. The van der Waals surface area contributed by atoms with Crippen LogP contribution in [-0.4, -0.2) is 52.4 Å². The number of hydrogen-bond donors (Lipinski definition) is 0. The lowest BCUT2D eigenvalue weighted by Gasteiger charge is -2.36. The number of unbranched alkanes of at least 4 members (excludes halogenated alkanes) is 2. The van der Waals surface area contributed by atoms with Gasteiger partial charge < -0.3 is 18.3 Å². The predicted molar refractivity (Wildman–Crippen MR) is 241 cm³/mol. The van der Waals surface area contributed by atoms with Gasteiger partial charge in [0.25, 0.3) is 5.69 Å². The topological polar surface area (TPSA) is 127 Å². The predicted octanol–water partition coefficient (Wildman–Crippen LogP) is 11.9. The minimum atomic E-state index is -1.93. The highest BCUT2D eigenvalue weighted by Gasteiger charge is 2.43. The fourth-order valence-electron chi connectivity index (χ4n) is 6.51. The van der Waals surface area contributed by atoms with E-state index in [1.165, 1.54) is 23.3 Å². The lowest BCUT2D eigenvalue weighted by Crippen LogP contribution is -2.43. The summed E-state index contributed by atoms with van der Waals surface area (Å²) in [6.07, 6.45) is 4.49. The molecule has 3 aromatic rings. The van der Waals surface area contributed by atoms with Gasteiger partial charge in [0.1, 0.15) is 17.4 Å². The Morgan fingerprint density at radius 1 is 0.712 bits per heavy atom. The van der Waals surface area contributed by atoms with Crippen molar-refractivity contribution in [2.45, 2.75) is 136 Å². The zero-order valence-corrected chi connectivity index (χ0v) is 39.4. The Bertz CT molecular complexity index is 1990. The number of aryl methyl sites for hydroxylation is 2. The number of non-ortho nitro benzene ring substituents is 1. The molecule has 1 aliphatic heterocycles. The Kier molecular flexibility index (Phi) is 15.7. The van der Waals surface area contributed by atoms with Crippen molar-refractivity contribution in [2.24, 2.45) is 10.9 Å². The van der Waals surface area contributed by atoms with Crippen molar-refractivity contribution in [2.75, 3.05) is 13.2 Å². The van der Waals surface area contributed by atoms with E-state index in [2.05, 4.69) is 97.0 Å². The summed E-state index contributed by atoms with van der Waals surface area (Å²) in [6.45, 7) is 26.0. The summed E-state index contributed by atoms with van der Waals surface area (Å²) in [4.78, 5) is 43.7. The maximum atomic E-state index is 13.9. The second-order valence-electron chi connectivity index (χ2n) is 18.8. The Hall–Kier alpha value is -4.56. The van der Waals surface area contributed by atoms with Crippen molar-refractivity contribution in [1.29, 1.82) is 0 Å². The van der Waals surface area contributed by atoms with Gasteiger partial charge in [-0.1, -0.05) is 77.9 Å². The summed E-state index contributed by atoms with van der Waals surface area (Å²) in [5.74, 6) is -1.19. The van der Waals surface area contributed by atoms with Crippen LogP contribution in [0, 0.1) is 16.0 Å². The number of ether oxygens (including phenoxy) is 2. The van der Waals surface area contributed by atoms with E-state index in [1.54, 1.807) is 26.0 Å². The van der Waals surface area contributed by atoms with E-state index in [-0.39, 0.29) is 34.6 Å². The summed E-state index contributed by atoms with van der Waals surface area (Å²) < 4.78 is 24.5. The molecule has 2 atom stereocenters. The van der Waals surface area contributed by atoms with Crippen LogP contribution in [0.4, 0.5) is 5.69 Å². The van der Waals surface area contributed by atoms with E-state index in [1.807, 2.05) is 24.3 Å². The number of esters is 2. The smallest absolute Gasteiger partial charge is 0.336 e. The average molecular weight is 843 g/mol. The monoisotopic (exact) mass is 842 g/mol. The van der Waals surface area contributed by atoms with E-state index in [9.17, 15) is 19.7 Å². The van der Waals surface area contributed by atoms with Gasteiger partial charge in [0.15, 0.2) is 0 Å². The average Bonchev–Trinajstić information content (AvgIpc) is 3.14. The van der Waals surface area contributed by atoms with Gasteiger partial charge in [0.2, 0.25) is 16.6 Å². The van der Waals surface area contributed by atoms with Gasteiger partial charge in [-0.25, -0.2) is 4.79 Å². The molecular formula is C47H66N2O8Si2. The Morgan fingerprint density at radius 3 is 1.64 bits per heavy atom. The number of nitro benzene ring substituents is 1. The molecule has 0 saturated carbocycles. The maximum absolute atomic E-state index is 13.9. The van der Waals surface area contributed by atoms with E-state index < -0.39 is 45.3 Å². The SMILES string of the molecule is CC1=NC(C)=C(C(=O)OCCCCc2ccc(O[Si](C)(C)C(C)(C)C)cc2)C(c2cccc([N+](=O)[O-])c2)C1C(=O)OCCCCc1ccc(O[Si](C)(C)C(C)(C)C)cc1. The standard InChI is InChI=1S/C47H66N2O8Si2/c1-33-41(44(50)54-30-15-13-18-35-22-26-39(27-23-35)56-58(9,10)46(3,4)5)43(37-20-17-21-38(32-37)49(52)53)42(34(2)48-33)45(51)55-31-16-14-19-36-24-28-40(29-25-36)57-59(11,12)47(6,7)8/h17,20-29,32,41,43H,13-16,18-19,30-31H2,1-12H3. The number of nitrogens with zero attached hydrogens (tertiary/aromatic N) is 2. The molecular weight excluding hydrogens is 777 g/mol. The van der Waals surface area contributed by atoms with Crippen LogP contribution in [0.25, 0.3) is 0 Å². The molecule has 0 N–H and O–H groups in total. The molecule has 2 unspecified atom stereocenters. The number of allylic oxidation sites excluding steroid dienone is 1. The maximum Gasteiger partial charge on any atom is 0.336 e. The van der Waals surface area contributed by atoms with Crippen LogP contribution in [0.1, 0.15) is 104 Å². The highest BCUT2D eigenvalue weighted by molar-refractivity contribution is 6.75. The highest BCUT2D eigenvalue weighted by Crippen LogP contribution is 2.42. The number of rotatable bonds is 18. The summed E-state index contributed by atoms with van der Waals surface area (Å²) in [6, 6.07) is 22.5. The number of carbonyl (C=O) groups is 2. The lowest BCUT2D eigenvalue weighted by molar-refractivity contribution is -0.384. The Balaban J connectivity index is 1.37. The van der Waals surface area contributed by atoms with Crippen molar-refractivity contribution < 1.29 is 32.8 Å². The Labute approximate surface area is 354 Å². The molecule has 0 saturated heterocycles. The second-order valence-corrected chi connectivity index (χ2v) is 28.2. The van der Waals surface area contributed by atoms with Crippen LogP contribution in [0.2, 0.25) is 36.3 Å². The molecule has 3 aromatic carbocycles. The van der Waals surface area contributed by atoms with Crippen LogP contribution in [0.3, 0.4) is 0 Å². The van der Waals surface area contributed by atoms with Gasteiger partial charge in [0, 0.05) is 29.5 Å². The summed E-state index contributed by atoms with van der Waals surface area (Å²) in [7, 11) is -3.85. The summed E-state index contributed by atoms with van der Waals surface area (Å²) in [5, 5.41) is 12.0. The zero-order chi connectivity index (χ0) is 43.8. The van der Waals surface area contributed by atoms with Crippen LogP contribution in [0.15, 0.2) is 89.1 Å². The molecule has 59 heavy (non-hydrogen) atoms. The molecule has 0 bridgehead atoms. The number of benzene rings is 3. The van der Waals surface area contributed by atoms with Crippen LogP contribution >= 0.6 is 0 Å². The third-order valence-corrected chi connectivity index (χ3v) is 20.9. The number of nitro groups is 1. The van der Waals surface area contributed by atoms with Crippen LogP contribution in [-0.2, 0) is 31.9 Å². The quantitative estimate of drug-likeness (QED) is 0.0407. The van der Waals surface area contributed by atoms with Crippen molar-refractivity contribution in [3.05, 3.63) is 111 Å². The largest absolute Gasteiger partial charge is 0.544 e. The van der Waals surface area contributed by atoms with Gasteiger partial charge in [-0.3, -0.25) is 19.9 Å². The van der Waals surface area contributed by atoms with E-state index >= 15 is 0 Å². The molecule has 0 fully saturated rings. The van der Waals surface area contributed by atoms with Crippen LogP contribution < -0.4 is 8.85 Å². The van der Waals surface area contributed by atoms with E-state index in [0.717, 1.165) is 37.2 Å². The van der Waals surface area contributed by atoms with Crippen molar-refractivity contribution >= 4 is 40.0 Å². The Morgan fingerprint density at radius 2 is 1.19 bits per heavy atom. The molecule has 0 amide bonds. The van der Waals surface area contributed by atoms with Gasteiger partial charge in [0.05, 0.1) is 23.7 Å². The summed E-state index contributed by atoms with van der Waals surface area (Å²) in [5.41, 5.74) is 3.74. The van der Waals surface area contributed by atoms with Gasteiger partial charge >= 0.3 is 11.9 Å². The number of aliphatic imine (C=N–C) groups is 1. The van der Waals surface area contributed by atoms with Gasteiger partial charge in [-0.05, 0) is 130 Å². The van der Waals surface area contributed by atoms with Crippen LogP contribution in [0.5, 0.6) is 11.5 Å². The first kappa shape index (κ1) is 47.1. The molecule has 1 aliphatic rings. The molecule has 320 valence electrons. The lowest BCUT2D eigenvalue weighted by atomic mass is 9.75. The third kappa shape index (κ3) is 12.7. The first-order valence-corrected chi connectivity index (χ1v) is 26.7. The molecule has 4 rings (SSSR count). The fraction of sp³-hybridized carbons (Fsp3) is 0.511. The van der Waals surface area contributed by atoms with E-state index in [4.69, 9.17) is 18.3 Å². The minimum Gasteiger partial charge on any atom is -0.544 e. The zero-order valence-electron chi connectivity index (χ0n) is 37.4. The highest BCUT2D eigenvalue weighted by atomic mass is 28.4. The van der Waals surface area contributed by atoms with Crippen molar-refractivity contribution in [3.8, 4) is 11.5 Å². The molecule has 10 nitrogen and oxygen atoms in total. The summed E-state index contributed by atoms with van der Waals surface area (Å²) >= 11 is 0. The number of carbonyl (C=O) groups excluding carboxylic acids is 2. The molecule has 12 heteroatoms. The molecule has 1 heterocycles. The van der Waals surface area contributed by atoms with Gasteiger partial charge in [-0.2, -0.15) is 0 Å². The number of hydrogen-bond acceptors (Lipinski definition) is 9. The van der Waals surface area contributed by atoms with Gasteiger partial charge in [-0.15, -0.1) is 0 Å². The first-order chi connectivity index (χ1) is 27.5. The van der Waals surface area contributed by atoms with Crippen molar-refractivity contribution in [1.82, 2.24) is 0 Å². The van der Waals surface area contributed by atoms with E-state index in [0.29, 0.717) is 29.8 Å². The van der Waals surface area contributed by atoms with Crippen molar-refractivity contribution in [3.63, 3.8) is 0 Å². The third-order valence-electron chi connectivity index (χ3n) is 12.1. The molecule has 0 aliphatic carbocycles. The fourth-order valence-corrected chi connectivity index (χ4v) is 8.57.